The smallest absolute Gasteiger partial charge is 0.312 e. The molecule has 0 saturated carbocycles. The molecule has 1 aromatic rings. The maximum absolute atomic E-state index is 10.8. The predicted octanol–water partition coefficient (Wildman–Crippen LogP) is 2.78. The van der Waals surface area contributed by atoms with E-state index in [0.29, 0.717) is 5.75 Å². The Balaban J connectivity index is 2.61. The molecule has 15 heavy (non-hydrogen) atoms. The third kappa shape index (κ3) is 3.70. The number of ether oxygens (including phenoxy) is 1. The third-order valence-corrected chi connectivity index (χ3v) is 2.65. The summed E-state index contributed by atoms with van der Waals surface area (Å²) in [5, 5.41) is 8.89. The Morgan fingerprint density at radius 2 is 2.20 bits per heavy atom. The lowest BCUT2D eigenvalue weighted by molar-refractivity contribution is -0.148. The number of carbonyl (C=O) groups is 1. The molecule has 0 spiro atoms. The Kier molecular flexibility index (Phi) is 3.96. The highest BCUT2D eigenvalue weighted by molar-refractivity contribution is 14.1. The average Bonchev–Trinajstić information content (AvgIpc) is 2.15. The minimum absolute atomic E-state index is 0.169. The van der Waals surface area contributed by atoms with Crippen LogP contribution >= 0.6 is 22.6 Å². The molecule has 0 amide bonds. The van der Waals surface area contributed by atoms with E-state index >= 15 is 0 Å². The zero-order valence-electron chi connectivity index (χ0n) is 8.66. The molecule has 0 aliphatic rings. The van der Waals surface area contributed by atoms with Gasteiger partial charge in [-0.2, -0.15) is 0 Å². The Bertz CT molecular complexity index is 361. The largest absolute Gasteiger partial charge is 0.492 e. The fourth-order valence-electron chi connectivity index (χ4n) is 0.882. The van der Waals surface area contributed by atoms with Crippen molar-refractivity contribution in [3.63, 3.8) is 0 Å². The van der Waals surface area contributed by atoms with Gasteiger partial charge in [-0.25, -0.2) is 0 Å². The zero-order valence-corrected chi connectivity index (χ0v) is 10.8. The molecule has 0 atom stereocenters. The maximum Gasteiger partial charge on any atom is 0.312 e. The van der Waals surface area contributed by atoms with E-state index in [2.05, 4.69) is 22.6 Å². The van der Waals surface area contributed by atoms with Crippen LogP contribution in [0.4, 0.5) is 0 Å². The van der Waals surface area contributed by atoms with Gasteiger partial charge >= 0.3 is 5.97 Å². The van der Waals surface area contributed by atoms with Crippen LogP contribution in [0.3, 0.4) is 0 Å². The van der Waals surface area contributed by atoms with Crippen LogP contribution in [0.25, 0.3) is 0 Å². The van der Waals surface area contributed by atoms with E-state index in [1.807, 2.05) is 24.3 Å². The second-order valence-electron chi connectivity index (χ2n) is 3.94. The molecule has 1 N–H and O–H groups in total. The average molecular weight is 320 g/mol. The normalized spacial score (nSPS) is 11.1. The molecular weight excluding hydrogens is 307 g/mol. The Morgan fingerprint density at radius 1 is 1.53 bits per heavy atom. The van der Waals surface area contributed by atoms with E-state index in [0.717, 1.165) is 3.57 Å². The van der Waals surface area contributed by atoms with Gasteiger partial charge in [0.25, 0.3) is 0 Å². The van der Waals surface area contributed by atoms with E-state index in [1.165, 1.54) is 0 Å². The van der Waals surface area contributed by atoms with Crippen molar-refractivity contribution in [1.29, 1.82) is 0 Å². The van der Waals surface area contributed by atoms with Crippen LogP contribution in [-0.4, -0.2) is 17.7 Å². The molecule has 0 aromatic heterocycles. The lowest BCUT2D eigenvalue weighted by Gasteiger charge is -2.19. The van der Waals surface area contributed by atoms with Gasteiger partial charge in [-0.05, 0) is 54.6 Å². The first-order valence-electron chi connectivity index (χ1n) is 4.53. The van der Waals surface area contributed by atoms with Gasteiger partial charge in [0.15, 0.2) is 0 Å². The van der Waals surface area contributed by atoms with E-state index in [-0.39, 0.29) is 6.61 Å². The van der Waals surface area contributed by atoms with Crippen molar-refractivity contribution in [3.05, 3.63) is 27.8 Å². The van der Waals surface area contributed by atoms with E-state index in [4.69, 9.17) is 9.84 Å². The molecule has 0 radical (unpaired) electrons. The van der Waals surface area contributed by atoms with Gasteiger partial charge in [0.2, 0.25) is 0 Å². The Hall–Kier alpha value is -0.780. The monoisotopic (exact) mass is 320 g/mol. The molecule has 4 heteroatoms. The van der Waals surface area contributed by atoms with Crippen LogP contribution in [0.2, 0.25) is 0 Å². The molecule has 0 unspecified atom stereocenters. The molecular formula is C11H13IO3. The van der Waals surface area contributed by atoms with Crippen LogP contribution in [0.5, 0.6) is 5.75 Å². The van der Waals surface area contributed by atoms with Crippen LogP contribution in [0, 0.1) is 8.99 Å². The van der Waals surface area contributed by atoms with Crippen molar-refractivity contribution in [2.45, 2.75) is 13.8 Å². The molecule has 82 valence electrons. The molecule has 1 rings (SSSR count). The molecule has 0 saturated heterocycles. The number of rotatable bonds is 4. The highest BCUT2D eigenvalue weighted by Crippen LogP contribution is 2.20. The zero-order chi connectivity index (χ0) is 11.5. The van der Waals surface area contributed by atoms with Gasteiger partial charge in [-0.3, -0.25) is 4.79 Å². The predicted molar refractivity (Wildman–Crippen MR) is 66.1 cm³/mol. The van der Waals surface area contributed by atoms with Gasteiger partial charge in [-0.15, -0.1) is 0 Å². The third-order valence-electron chi connectivity index (χ3n) is 1.97. The number of hydrogen-bond acceptors (Lipinski definition) is 2. The first-order chi connectivity index (χ1) is 6.92. The minimum Gasteiger partial charge on any atom is -0.492 e. The fourth-order valence-corrected chi connectivity index (χ4v) is 1.40. The molecule has 0 bridgehead atoms. The first-order valence-corrected chi connectivity index (χ1v) is 5.61. The molecule has 0 aliphatic heterocycles. The Labute approximate surface area is 103 Å². The quantitative estimate of drug-likeness (QED) is 0.868. The van der Waals surface area contributed by atoms with Gasteiger partial charge in [0.05, 0.1) is 5.41 Å². The molecule has 0 fully saturated rings. The highest BCUT2D eigenvalue weighted by Gasteiger charge is 2.28. The standard InChI is InChI=1S/C11H13IO3/c1-11(2,10(13)14)7-15-9-5-3-4-8(12)6-9/h3-6H,7H2,1-2H3,(H,13,14). The summed E-state index contributed by atoms with van der Waals surface area (Å²) in [5.74, 6) is -0.149. The summed E-state index contributed by atoms with van der Waals surface area (Å²) in [4.78, 5) is 10.8. The summed E-state index contributed by atoms with van der Waals surface area (Å²) in [6.45, 7) is 3.45. The number of halogens is 1. The van der Waals surface area contributed by atoms with Crippen molar-refractivity contribution in [1.82, 2.24) is 0 Å². The number of benzene rings is 1. The van der Waals surface area contributed by atoms with Gasteiger partial charge in [0, 0.05) is 3.57 Å². The highest BCUT2D eigenvalue weighted by atomic mass is 127. The lowest BCUT2D eigenvalue weighted by atomic mass is 9.95. The van der Waals surface area contributed by atoms with Gasteiger partial charge < -0.3 is 9.84 Å². The van der Waals surface area contributed by atoms with Gasteiger partial charge in [-0.1, -0.05) is 6.07 Å². The summed E-state index contributed by atoms with van der Waals surface area (Å²) in [6, 6.07) is 7.53. The summed E-state index contributed by atoms with van der Waals surface area (Å²) >= 11 is 2.18. The van der Waals surface area contributed by atoms with Crippen LogP contribution in [0.1, 0.15) is 13.8 Å². The lowest BCUT2D eigenvalue weighted by Crippen LogP contribution is -2.30. The fraction of sp³-hybridized carbons (Fsp3) is 0.364. The van der Waals surface area contributed by atoms with Crippen LogP contribution in [-0.2, 0) is 4.79 Å². The molecule has 3 nitrogen and oxygen atoms in total. The number of carboxylic acids is 1. The Morgan fingerprint density at radius 3 is 2.73 bits per heavy atom. The van der Waals surface area contributed by atoms with E-state index in [9.17, 15) is 4.79 Å². The number of carboxylic acid groups (broad SMARTS) is 1. The van der Waals surface area contributed by atoms with Crippen molar-refractivity contribution >= 4 is 28.6 Å². The van der Waals surface area contributed by atoms with Crippen LogP contribution < -0.4 is 4.74 Å². The van der Waals surface area contributed by atoms with E-state index < -0.39 is 11.4 Å². The van der Waals surface area contributed by atoms with E-state index in [1.54, 1.807) is 13.8 Å². The maximum atomic E-state index is 10.8. The molecule has 0 heterocycles. The number of hydrogen-bond donors (Lipinski definition) is 1. The summed E-state index contributed by atoms with van der Waals surface area (Å²) in [5.41, 5.74) is -0.860. The van der Waals surface area contributed by atoms with Crippen molar-refractivity contribution in [2.75, 3.05) is 6.61 Å². The molecule has 0 aliphatic carbocycles. The van der Waals surface area contributed by atoms with Crippen molar-refractivity contribution < 1.29 is 14.6 Å². The van der Waals surface area contributed by atoms with Crippen molar-refractivity contribution in [3.8, 4) is 5.75 Å². The SMILES string of the molecule is CC(C)(COc1cccc(I)c1)C(=O)O. The topological polar surface area (TPSA) is 46.5 Å². The minimum atomic E-state index is -0.860. The van der Waals surface area contributed by atoms with Gasteiger partial charge in [0.1, 0.15) is 12.4 Å². The second kappa shape index (κ2) is 4.83. The number of aliphatic carboxylic acids is 1. The first kappa shape index (κ1) is 12.3. The summed E-state index contributed by atoms with van der Waals surface area (Å²) in [6.07, 6.45) is 0. The summed E-state index contributed by atoms with van der Waals surface area (Å²) < 4.78 is 6.50. The summed E-state index contributed by atoms with van der Waals surface area (Å²) in [7, 11) is 0. The van der Waals surface area contributed by atoms with Crippen molar-refractivity contribution in [2.24, 2.45) is 5.41 Å². The molecule has 1 aromatic carbocycles. The second-order valence-corrected chi connectivity index (χ2v) is 5.18. The van der Waals surface area contributed by atoms with Crippen LogP contribution in [0.15, 0.2) is 24.3 Å².